The molecule has 6 heteroatoms. The van der Waals surface area contributed by atoms with Crippen molar-refractivity contribution in [2.24, 2.45) is 0 Å². The molecular formula is C22H30N2O3S. The van der Waals surface area contributed by atoms with Crippen LogP contribution in [0.5, 0.6) is 0 Å². The molecule has 0 saturated carbocycles. The summed E-state index contributed by atoms with van der Waals surface area (Å²) >= 11 is 0. The summed E-state index contributed by atoms with van der Waals surface area (Å²) in [4.78, 5) is 12.2. The van der Waals surface area contributed by atoms with Crippen LogP contribution in [0.1, 0.15) is 57.4 Å². The lowest BCUT2D eigenvalue weighted by molar-refractivity contribution is -0.116. The van der Waals surface area contributed by atoms with Gasteiger partial charge in [0.1, 0.15) is 0 Å². The number of benzene rings is 2. The van der Waals surface area contributed by atoms with E-state index in [0.717, 1.165) is 18.4 Å². The first-order valence-electron chi connectivity index (χ1n) is 9.90. The van der Waals surface area contributed by atoms with E-state index in [-0.39, 0.29) is 10.8 Å². The van der Waals surface area contributed by atoms with E-state index in [1.165, 1.54) is 25.7 Å². The van der Waals surface area contributed by atoms with Crippen molar-refractivity contribution in [3.05, 3.63) is 54.1 Å². The van der Waals surface area contributed by atoms with Crippen molar-refractivity contribution in [3.63, 3.8) is 0 Å². The van der Waals surface area contributed by atoms with Crippen molar-refractivity contribution in [1.82, 2.24) is 0 Å². The summed E-state index contributed by atoms with van der Waals surface area (Å²) in [6.07, 6.45) is 7.37. The molecule has 2 aromatic carbocycles. The first kappa shape index (κ1) is 22.0. The third kappa shape index (κ3) is 7.35. The summed E-state index contributed by atoms with van der Waals surface area (Å²) in [5, 5.41) is 2.86. The fourth-order valence-electron chi connectivity index (χ4n) is 2.84. The normalized spacial score (nSPS) is 11.2. The predicted molar refractivity (Wildman–Crippen MR) is 115 cm³/mol. The van der Waals surface area contributed by atoms with Gasteiger partial charge in [0.05, 0.1) is 4.90 Å². The number of hydrogen-bond acceptors (Lipinski definition) is 3. The molecule has 0 heterocycles. The van der Waals surface area contributed by atoms with Gasteiger partial charge in [0.15, 0.2) is 0 Å². The molecule has 0 aromatic heterocycles. The molecule has 0 aliphatic heterocycles. The number of sulfonamides is 1. The minimum Gasteiger partial charge on any atom is -0.326 e. The number of carbonyl (C=O) groups excluding carboxylic acids is 1. The van der Waals surface area contributed by atoms with Crippen LogP contribution in [0.3, 0.4) is 0 Å². The Morgan fingerprint density at radius 1 is 0.821 bits per heavy atom. The van der Waals surface area contributed by atoms with Crippen molar-refractivity contribution in [2.75, 3.05) is 10.0 Å². The molecule has 152 valence electrons. The zero-order chi connectivity index (χ0) is 20.4. The Balaban J connectivity index is 1.82. The predicted octanol–water partition coefficient (Wildman–Crippen LogP) is 5.48. The molecule has 2 aromatic rings. The molecule has 0 radical (unpaired) electrons. The second-order valence-corrected chi connectivity index (χ2v) is 8.74. The van der Waals surface area contributed by atoms with Gasteiger partial charge in [-0.05, 0) is 49.7 Å². The van der Waals surface area contributed by atoms with Gasteiger partial charge < -0.3 is 5.32 Å². The van der Waals surface area contributed by atoms with E-state index in [0.29, 0.717) is 17.8 Å². The standard InChI is InChI=1S/C22H30N2O3S/c1-3-4-5-6-7-8-9-22(25)23-19-12-14-20(15-13-19)24-28(26,27)21-16-10-18(2)11-17-21/h10-17,24H,3-9H2,1-2H3,(H,23,25). The van der Waals surface area contributed by atoms with Gasteiger partial charge in [-0.25, -0.2) is 8.42 Å². The van der Waals surface area contributed by atoms with Crippen LogP contribution in [0.15, 0.2) is 53.4 Å². The van der Waals surface area contributed by atoms with Gasteiger partial charge in [-0.1, -0.05) is 56.7 Å². The number of rotatable bonds is 11. The molecule has 0 spiro atoms. The van der Waals surface area contributed by atoms with Crippen molar-refractivity contribution < 1.29 is 13.2 Å². The van der Waals surface area contributed by atoms with Gasteiger partial charge in [0.25, 0.3) is 10.0 Å². The zero-order valence-corrected chi connectivity index (χ0v) is 17.5. The topological polar surface area (TPSA) is 75.3 Å². The Bertz CT molecular complexity index is 844. The van der Waals surface area contributed by atoms with Gasteiger partial charge in [0.2, 0.25) is 5.91 Å². The molecular weight excluding hydrogens is 372 g/mol. The van der Waals surface area contributed by atoms with Crippen molar-refractivity contribution >= 4 is 27.3 Å². The largest absolute Gasteiger partial charge is 0.326 e. The molecule has 0 unspecified atom stereocenters. The smallest absolute Gasteiger partial charge is 0.261 e. The van der Waals surface area contributed by atoms with E-state index in [9.17, 15) is 13.2 Å². The fourth-order valence-corrected chi connectivity index (χ4v) is 3.90. The molecule has 2 rings (SSSR count). The second-order valence-electron chi connectivity index (χ2n) is 7.06. The Kier molecular flexibility index (Phi) is 8.51. The first-order valence-corrected chi connectivity index (χ1v) is 11.4. The number of hydrogen-bond donors (Lipinski definition) is 2. The minimum absolute atomic E-state index is 0.0107. The molecule has 2 N–H and O–H groups in total. The number of unbranched alkanes of at least 4 members (excludes halogenated alkanes) is 5. The average molecular weight is 403 g/mol. The lowest BCUT2D eigenvalue weighted by Crippen LogP contribution is -2.13. The lowest BCUT2D eigenvalue weighted by atomic mass is 10.1. The summed E-state index contributed by atoms with van der Waals surface area (Å²) in [5.74, 6) is -0.0107. The van der Waals surface area contributed by atoms with Crippen LogP contribution >= 0.6 is 0 Å². The summed E-state index contributed by atoms with van der Waals surface area (Å²) in [5.41, 5.74) is 2.11. The van der Waals surface area contributed by atoms with Crippen molar-refractivity contribution in [1.29, 1.82) is 0 Å². The highest BCUT2D eigenvalue weighted by molar-refractivity contribution is 7.92. The molecule has 5 nitrogen and oxygen atoms in total. The highest BCUT2D eigenvalue weighted by Gasteiger charge is 2.13. The molecule has 0 saturated heterocycles. The number of aryl methyl sites for hydroxylation is 1. The van der Waals surface area contributed by atoms with Crippen LogP contribution < -0.4 is 10.0 Å². The van der Waals surface area contributed by atoms with Gasteiger partial charge >= 0.3 is 0 Å². The van der Waals surface area contributed by atoms with Crippen molar-refractivity contribution in [2.45, 2.75) is 63.7 Å². The maximum atomic E-state index is 12.4. The average Bonchev–Trinajstić information content (AvgIpc) is 2.66. The van der Waals surface area contributed by atoms with Gasteiger partial charge in [0, 0.05) is 17.8 Å². The second kappa shape index (κ2) is 10.9. The quantitative estimate of drug-likeness (QED) is 0.488. The zero-order valence-electron chi connectivity index (χ0n) is 16.7. The molecule has 1 amide bonds. The Morgan fingerprint density at radius 2 is 1.39 bits per heavy atom. The minimum atomic E-state index is -3.63. The number of amides is 1. The number of nitrogens with one attached hydrogen (secondary N) is 2. The molecule has 28 heavy (non-hydrogen) atoms. The molecule has 0 bridgehead atoms. The number of anilines is 2. The summed E-state index contributed by atoms with van der Waals surface area (Å²) in [7, 11) is -3.63. The lowest BCUT2D eigenvalue weighted by Gasteiger charge is -2.10. The maximum absolute atomic E-state index is 12.4. The van der Waals surface area contributed by atoms with Crippen molar-refractivity contribution in [3.8, 4) is 0 Å². The first-order chi connectivity index (χ1) is 13.4. The SMILES string of the molecule is CCCCCCCCC(=O)Nc1ccc(NS(=O)(=O)c2ccc(C)cc2)cc1. The van der Waals surface area contributed by atoms with Crippen LogP contribution in [-0.4, -0.2) is 14.3 Å². The Labute approximate surface area is 168 Å². The van der Waals surface area contributed by atoms with Crippen LogP contribution in [0.2, 0.25) is 0 Å². The summed E-state index contributed by atoms with van der Waals surface area (Å²) in [6, 6.07) is 13.4. The highest BCUT2D eigenvalue weighted by Crippen LogP contribution is 2.19. The van der Waals surface area contributed by atoms with Crippen LogP contribution in [0, 0.1) is 6.92 Å². The molecule has 0 aliphatic carbocycles. The van der Waals surface area contributed by atoms with E-state index in [2.05, 4.69) is 17.0 Å². The summed E-state index contributed by atoms with van der Waals surface area (Å²) in [6.45, 7) is 4.09. The Hall–Kier alpha value is -2.34. The molecule has 0 aliphatic rings. The Morgan fingerprint density at radius 3 is 2.04 bits per heavy atom. The van der Waals surface area contributed by atoms with Crippen LogP contribution in [0.4, 0.5) is 11.4 Å². The maximum Gasteiger partial charge on any atom is 0.261 e. The monoisotopic (exact) mass is 402 g/mol. The van der Waals surface area contributed by atoms with Crippen LogP contribution in [0.25, 0.3) is 0 Å². The van der Waals surface area contributed by atoms with E-state index < -0.39 is 10.0 Å². The van der Waals surface area contributed by atoms with Gasteiger partial charge in [-0.2, -0.15) is 0 Å². The van der Waals surface area contributed by atoms with E-state index in [1.54, 1.807) is 48.5 Å². The van der Waals surface area contributed by atoms with E-state index in [1.807, 2.05) is 6.92 Å². The van der Waals surface area contributed by atoms with E-state index in [4.69, 9.17) is 0 Å². The fraction of sp³-hybridized carbons (Fsp3) is 0.409. The third-order valence-electron chi connectivity index (χ3n) is 4.51. The van der Waals surface area contributed by atoms with E-state index >= 15 is 0 Å². The van der Waals surface area contributed by atoms with Gasteiger partial charge in [-0.15, -0.1) is 0 Å². The number of carbonyl (C=O) groups is 1. The third-order valence-corrected chi connectivity index (χ3v) is 5.91. The summed E-state index contributed by atoms with van der Waals surface area (Å²) < 4.78 is 27.4. The van der Waals surface area contributed by atoms with Gasteiger partial charge in [-0.3, -0.25) is 9.52 Å². The highest BCUT2D eigenvalue weighted by atomic mass is 32.2. The molecule has 0 fully saturated rings. The molecule has 0 atom stereocenters. The van der Waals surface area contributed by atoms with Crippen LogP contribution in [-0.2, 0) is 14.8 Å².